The molecule has 3 heteroatoms. The van der Waals surface area contributed by atoms with Crippen molar-refractivity contribution in [2.75, 3.05) is 6.54 Å². The van der Waals surface area contributed by atoms with Crippen LogP contribution in [-0.2, 0) is 11.2 Å². The van der Waals surface area contributed by atoms with Gasteiger partial charge >= 0.3 is 0 Å². The summed E-state index contributed by atoms with van der Waals surface area (Å²) in [6.45, 7) is 3.08. The van der Waals surface area contributed by atoms with E-state index < -0.39 is 6.04 Å². The molecule has 1 aliphatic rings. The first kappa shape index (κ1) is 15.0. The zero-order valence-corrected chi connectivity index (χ0v) is 12.3. The van der Waals surface area contributed by atoms with E-state index in [0.29, 0.717) is 12.3 Å². The number of benzene rings is 1. The van der Waals surface area contributed by atoms with Crippen molar-refractivity contribution < 1.29 is 4.79 Å². The van der Waals surface area contributed by atoms with E-state index in [2.05, 4.69) is 24.4 Å². The zero-order chi connectivity index (χ0) is 14.4. The second kappa shape index (κ2) is 7.44. The van der Waals surface area contributed by atoms with Crippen LogP contribution in [0.3, 0.4) is 0 Å². The highest BCUT2D eigenvalue weighted by atomic mass is 16.2. The van der Waals surface area contributed by atoms with Crippen molar-refractivity contribution in [3.8, 4) is 0 Å². The minimum Gasteiger partial charge on any atom is -0.354 e. The molecule has 0 saturated heterocycles. The van der Waals surface area contributed by atoms with E-state index in [1.807, 2.05) is 18.2 Å². The summed E-state index contributed by atoms with van der Waals surface area (Å²) in [6, 6.07) is 9.78. The van der Waals surface area contributed by atoms with Crippen LogP contribution in [-0.4, -0.2) is 18.5 Å². The summed E-state index contributed by atoms with van der Waals surface area (Å²) >= 11 is 0. The Morgan fingerprint density at radius 3 is 2.75 bits per heavy atom. The lowest BCUT2D eigenvalue weighted by Crippen LogP contribution is -2.42. The topological polar surface area (TPSA) is 55.1 Å². The summed E-state index contributed by atoms with van der Waals surface area (Å²) in [6.07, 6.45) is 5.33. The molecule has 1 aliphatic carbocycles. The van der Waals surface area contributed by atoms with E-state index in [0.717, 1.165) is 18.9 Å². The Balaban J connectivity index is 1.67. The predicted octanol–water partition coefficient (Wildman–Crippen LogP) is 2.50. The smallest absolute Gasteiger partial charge is 0.236 e. The van der Waals surface area contributed by atoms with E-state index >= 15 is 0 Å². The second-order valence-electron chi connectivity index (χ2n) is 6.16. The van der Waals surface area contributed by atoms with Crippen molar-refractivity contribution in [1.29, 1.82) is 0 Å². The van der Waals surface area contributed by atoms with Crippen LogP contribution in [0.5, 0.6) is 0 Å². The third-order valence-electron chi connectivity index (χ3n) is 4.29. The molecule has 1 aromatic rings. The first-order valence-electron chi connectivity index (χ1n) is 7.72. The van der Waals surface area contributed by atoms with Crippen LogP contribution in [0.25, 0.3) is 0 Å². The van der Waals surface area contributed by atoms with E-state index in [-0.39, 0.29) is 5.91 Å². The van der Waals surface area contributed by atoms with Gasteiger partial charge in [-0.25, -0.2) is 0 Å². The van der Waals surface area contributed by atoms with Crippen molar-refractivity contribution in [3.63, 3.8) is 0 Å². The third kappa shape index (κ3) is 4.64. The van der Waals surface area contributed by atoms with Gasteiger partial charge in [0, 0.05) is 6.54 Å². The minimum atomic E-state index is -0.394. The number of hydrogen-bond acceptors (Lipinski definition) is 2. The molecule has 20 heavy (non-hydrogen) atoms. The molecule has 1 fully saturated rings. The standard InChI is InChI=1S/C17H26N2O/c1-13-7-8-15(11-13)12-19-17(20)16(18)10-9-14-5-3-2-4-6-14/h2-6,13,15-16H,7-12,18H2,1H3,(H,19,20)/t13?,15?,16-/m0/s1. The van der Waals surface area contributed by atoms with Gasteiger partial charge in [0.05, 0.1) is 6.04 Å². The summed E-state index contributed by atoms with van der Waals surface area (Å²) in [5.74, 6) is 1.46. The Kier molecular flexibility index (Phi) is 5.60. The van der Waals surface area contributed by atoms with Crippen LogP contribution in [0.1, 0.15) is 38.2 Å². The van der Waals surface area contributed by atoms with Gasteiger partial charge in [-0.15, -0.1) is 0 Å². The van der Waals surface area contributed by atoms with Gasteiger partial charge in [0.1, 0.15) is 0 Å². The Morgan fingerprint density at radius 2 is 2.10 bits per heavy atom. The summed E-state index contributed by atoms with van der Waals surface area (Å²) < 4.78 is 0. The Labute approximate surface area is 121 Å². The van der Waals surface area contributed by atoms with Crippen LogP contribution >= 0.6 is 0 Å². The molecule has 0 aromatic heterocycles. The number of aryl methyl sites for hydroxylation is 1. The maximum atomic E-state index is 12.0. The fraction of sp³-hybridized carbons (Fsp3) is 0.588. The number of carbonyl (C=O) groups excluding carboxylic acids is 1. The number of hydrogen-bond donors (Lipinski definition) is 2. The van der Waals surface area contributed by atoms with E-state index in [1.54, 1.807) is 0 Å². The first-order valence-corrected chi connectivity index (χ1v) is 7.72. The van der Waals surface area contributed by atoms with Gasteiger partial charge in [0.25, 0.3) is 0 Å². The molecule has 0 bridgehead atoms. The van der Waals surface area contributed by atoms with Crippen LogP contribution in [0.15, 0.2) is 30.3 Å². The summed E-state index contributed by atoms with van der Waals surface area (Å²) in [4.78, 5) is 12.0. The summed E-state index contributed by atoms with van der Waals surface area (Å²) in [5.41, 5.74) is 7.20. The Morgan fingerprint density at radius 1 is 1.35 bits per heavy atom. The average molecular weight is 274 g/mol. The maximum Gasteiger partial charge on any atom is 0.236 e. The predicted molar refractivity (Wildman–Crippen MR) is 82.3 cm³/mol. The highest BCUT2D eigenvalue weighted by molar-refractivity contribution is 5.81. The third-order valence-corrected chi connectivity index (χ3v) is 4.29. The largest absolute Gasteiger partial charge is 0.354 e. The SMILES string of the molecule is CC1CCC(CNC(=O)[C@@H](N)CCc2ccccc2)C1. The van der Waals surface area contributed by atoms with Crippen molar-refractivity contribution in [2.45, 2.75) is 45.1 Å². The highest BCUT2D eigenvalue weighted by Crippen LogP contribution is 2.29. The molecular weight excluding hydrogens is 248 g/mol. The first-order chi connectivity index (χ1) is 9.65. The lowest BCUT2D eigenvalue weighted by molar-refractivity contribution is -0.122. The molecule has 0 radical (unpaired) electrons. The van der Waals surface area contributed by atoms with Crippen molar-refractivity contribution in [2.24, 2.45) is 17.6 Å². The van der Waals surface area contributed by atoms with E-state index in [4.69, 9.17) is 5.73 Å². The molecule has 3 nitrogen and oxygen atoms in total. The van der Waals surface area contributed by atoms with Gasteiger partial charge in [0.15, 0.2) is 0 Å². The molecule has 0 heterocycles. The molecule has 110 valence electrons. The number of carbonyl (C=O) groups is 1. The van der Waals surface area contributed by atoms with Gasteiger partial charge in [-0.1, -0.05) is 43.7 Å². The molecule has 1 amide bonds. The normalized spacial score (nSPS) is 23.5. The van der Waals surface area contributed by atoms with Gasteiger partial charge in [-0.05, 0) is 43.1 Å². The number of amides is 1. The lowest BCUT2D eigenvalue weighted by atomic mass is 10.0. The maximum absolute atomic E-state index is 12.0. The van der Waals surface area contributed by atoms with Crippen molar-refractivity contribution in [3.05, 3.63) is 35.9 Å². The number of rotatable bonds is 6. The van der Waals surface area contributed by atoms with Crippen LogP contribution < -0.4 is 11.1 Å². The second-order valence-corrected chi connectivity index (χ2v) is 6.16. The van der Waals surface area contributed by atoms with Crippen LogP contribution in [0, 0.1) is 11.8 Å². The van der Waals surface area contributed by atoms with E-state index in [9.17, 15) is 4.79 Å². The monoisotopic (exact) mass is 274 g/mol. The Hall–Kier alpha value is -1.35. The zero-order valence-electron chi connectivity index (χ0n) is 12.3. The van der Waals surface area contributed by atoms with Gasteiger partial charge in [-0.3, -0.25) is 4.79 Å². The molecule has 0 aliphatic heterocycles. The minimum absolute atomic E-state index is 0.000448. The molecule has 2 unspecified atom stereocenters. The van der Waals surface area contributed by atoms with Crippen LogP contribution in [0.4, 0.5) is 0 Å². The summed E-state index contributed by atoms with van der Waals surface area (Å²) in [5, 5.41) is 3.02. The summed E-state index contributed by atoms with van der Waals surface area (Å²) in [7, 11) is 0. The Bertz CT molecular complexity index is 418. The van der Waals surface area contributed by atoms with Crippen LogP contribution in [0.2, 0.25) is 0 Å². The fourth-order valence-electron chi connectivity index (χ4n) is 2.98. The molecule has 1 saturated carbocycles. The molecule has 0 spiro atoms. The van der Waals surface area contributed by atoms with E-state index in [1.165, 1.54) is 24.8 Å². The lowest BCUT2D eigenvalue weighted by Gasteiger charge is -2.15. The van der Waals surface area contributed by atoms with Crippen molar-refractivity contribution >= 4 is 5.91 Å². The number of nitrogens with two attached hydrogens (primary N) is 1. The highest BCUT2D eigenvalue weighted by Gasteiger charge is 2.22. The quantitative estimate of drug-likeness (QED) is 0.837. The molecule has 3 N–H and O–H groups in total. The van der Waals surface area contributed by atoms with Gasteiger partial charge < -0.3 is 11.1 Å². The fourth-order valence-corrected chi connectivity index (χ4v) is 2.98. The molecular formula is C17H26N2O. The molecule has 3 atom stereocenters. The van der Waals surface area contributed by atoms with Crippen molar-refractivity contribution in [1.82, 2.24) is 5.32 Å². The molecule has 1 aromatic carbocycles. The molecule has 2 rings (SSSR count). The average Bonchev–Trinajstić information content (AvgIpc) is 2.89. The van der Waals surface area contributed by atoms with Gasteiger partial charge in [0.2, 0.25) is 5.91 Å². The number of nitrogens with one attached hydrogen (secondary N) is 1. The van der Waals surface area contributed by atoms with Gasteiger partial charge in [-0.2, -0.15) is 0 Å².